The molecule has 2 aliphatic heterocycles. The summed E-state index contributed by atoms with van der Waals surface area (Å²) in [7, 11) is 0. The summed E-state index contributed by atoms with van der Waals surface area (Å²) in [5.41, 5.74) is 0. The van der Waals surface area contributed by atoms with Crippen molar-refractivity contribution in [3.05, 3.63) is 0 Å². The topological polar surface area (TPSA) is 79.0 Å². The SMILES string of the molecule is CC(C)OCCCNC(=O)C1CCC(=O)N(CCCN2CCCC2=O)C1. The van der Waals surface area contributed by atoms with Crippen molar-refractivity contribution < 1.29 is 19.1 Å². The monoisotopic (exact) mass is 367 g/mol. The number of carbonyl (C=O) groups is 3. The highest BCUT2D eigenvalue weighted by atomic mass is 16.5. The van der Waals surface area contributed by atoms with Crippen LogP contribution in [0.5, 0.6) is 0 Å². The van der Waals surface area contributed by atoms with Crippen LogP contribution in [0.1, 0.15) is 52.4 Å². The molecule has 1 unspecified atom stereocenters. The van der Waals surface area contributed by atoms with Gasteiger partial charge in [0.25, 0.3) is 0 Å². The smallest absolute Gasteiger partial charge is 0.224 e. The minimum Gasteiger partial charge on any atom is -0.379 e. The molecule has 0 radical (unpaired) electrons. The first-order valence-electron chi connectivity index (χ1n) is 9.92. The number of nitrogens with one attached hydrogen (secondary N) is 1. The predicted molar refractivity (Wildman–Crippen MR) is 98.4 cm³/mol. The summed E-state index contributed by atoms with van der Waals surface area (Å²) < 4.78 is 5.46. The van der Waals surface area contributed by atoms with Crippen LogP contribution >= 0.6 is 0 Å². The molecule has 1 atom stereocenters. The Hall–Kier alpha value is -1.63. The molecule has 0 aromatic rings. The Balaban J connectivity index is 1.66. The first-order chi connectivity index (χ1) is 12.5. The van der Waals surface area contributed by atoms with Crippen LogP contribution in [0.25, 0.3) is 0 Å². The van der Waals surface area contributed by atoms with Gasteiger partial charge in [-0.25, -0.2) is 0 Å². The van der Waals surface area contributed by atoms with Crippen molar-refractivity contribution in [3.63, 3.8) is 0 Å². The van der Waals surface area contributed by atoms with Crippen molar-refractivity contribution in [1.82, 2.24) is 15.1 Å². The van der Waals surface area contributed by atoms with Crippen molar-refractivity contribution in [3.8, 4) is 0 Å². The number of ether oxygens (including phenoxy) is 1. The van der Waals surface area contributed by atoms with E-state index in [1.807, 2.05) is 18.7 Å². The van der Waals surface area contributed by atoms with Crippen molar-refractivity contribution in [2.45, 2.75) is 58.5 Å². The Bertz CT molecular complexity index is 495. The van der Waals surface area contributed by atoms with Crippen LogP contribution in [0, 0.1) is 5.92 Å². The molecule has 3 amide bonds. The van der Waals surface area contributed by atoms with E-state index in [9.17, 15) is 14.4 Å². The fourth-order valence-corrected chi connectivity index (χ4v) is 3.48. The molecule has 0 saturated carbocycles. The average molecular weight is 367 g/mol. The van der Waals surface area contributed by atoms with Crippen LogP contribution in [-0.4, -0.2) is 73.0 Å². The molecule has 0 aromatic carbocycles. The molecule has 7 nitrogen and oxygen atoms in total. The zero-order valence-corrected chi connectivity index (χ0v) is 16.2. The molecular formula is C19H33N3O4. The lowest BCUT2D eigenvalue weighted by atomic mass is 9.96. The van der Waals surface area contributed by atoms with Crippen LogP contribution in [0.4, 0.5) is 0 Å². The highest BCUT2D eigenvalue weighted by molar-refractivity contribution is 5.83. The van der Waals surface area contributed by atoms with Gasteiger partial charge in [-0.15, -0.1) is 0 Å². The van der Waals surface area contributed by atoms with Gasteiger partial charge < -0.3 is 19.9 Å². The number of amides is 3. The highest BCUT2D eigenvalue weighted by Crippen LogP contribution is 2.18. The zero-order valence-electron chi connectivity index (χ0n) is 16.2. The quantitative estimate of drug-likeness (QED) is 0.588. The largest absolute Gasteiger partial charge is 0.379 e. The van der Waals surface area contributed by atoms with E-state index < -0.39 is 0 Å². The fraction of sp³-hybridized carbons (Fsp3) is 0.842. The molecule has 2 aliphatic rings. The third kappa shape index (κ3) is 6.59. The average Bonchev–Trinajstić information content (AvgIpc) is 3.01. The van der Waals surface area contributed by atoms with Gasteiger partial charge in [0.1, 0.15) is 0 Å². The maximum atomic E-state index is 12.3. The van der Waals surface area contributed by atoms with Gasteiger partial charge in [0.05, 0.1) is 12.0 Å². The Morgan fingerprint density at radius 3 is 2.58 bits per heavy atom. The van der Waals surface area contributed by atoms with Crippen molar-refractivity contribution >= 4 is 17.7 Å². The Morgan fingerprint density at radius 2 is 1.88 bits per heavy atom. The third-order valence-corrected chi connectivity index (χ3v) is 4.97. The van der Waals surface area contributed by atoms with E-state index in [1.165, 1.54) is 0 Å². The van der Waals surface area contributed by atoms with Crippen molar-refractivity contribution in [2.75, 3.05) is 39.3 Å². The second-order valence-corrected chi connectivity index (χ2v) is 7.48. The van der Waals surface area contributed by atoms with Crippen LogP contribution < -0.4 is 5.32 Å². The second-order valence-electron chi connectivity index (χ2n) is 7.48. The van der Waals surface area contributed by atoms with Crippen LogP contribution in [-0.2, 0) is 19.1 Å². The Morgan fingerprint density at radius 1 is 1.15 bits per heavy atom. The molecule has 148 valence electrons. The number of piperidine rings is 1. The molecule has 0 aromatic heterocycles. The summed E-state index contributed by atoms with van der Waals surface area (Å²) in [6.45, 7) is 7.87. The normalized spacial score (nSPS) is 21.0. The first kappa shape index (κ1) is 20.7. The van der Waals surface area contributed by atoms with E-state index in [0.29, 0.717) is 52.0 Å². The number of hydrogen-bond acceptors (Lipinski definition) is 4. The van der Waals surface area contributed by atoms with Gasteiger partial charge in [-0.2, -0.15) is 0 Å². The molecule has 0 bridgehead atoms. The molecule has 2 rings (SSSR count). The molecular weight excluding hydrogens is 334 g/mol. The van der Waals surface area contributed by atoms with E-state index in [-0.39, 0.29) is 29.7 Å². The summed E-state index contributed by atoms with van der Waals surface area (Å²) in [6, 6.07) is 0. The van der Waals surface area contributed by atoms with Crippen molar-refractivity contribution in [1.29, 1.82) is 0 Å². The molecule has 2 heterocycles. The molecule has 7 heteroatoms. The summed E-state index contributed by atoms with van der Waals surface area (Å²) >= 11 is 0. The summed E-state index contributed by atoms with van der Waals surface area (Å²) in [4.78, 5) is 39.7. The van der Waals surface area contributed by atoms with E-state index in [0.717, 1.165) is 25.8 Å². The van der Waals surface area contributed by atoms with Gasteiger partial charge in [-0.1, -0.05) is 0 Å². The van der Waals surface area contributed by atoms with E-state index in [1.54, 1.807) is 4.90 Å². The van der Waals surface area contributed by atoms with Crippen molar-refractivity contribution in [2.24, 2.45) is 5.92 Å². The van der Waals surface area contributed by atoms with E-state index in [2.05, 4.69) is 5.32 Å². The van der Waals surface area contributed by atoms with E-state index in [4.69, 9.17) is 4.74 Å². The zero-order chi connectivity index (χ0) is 18.9. The number of carbonyl (C=O) groups excluding carboxylic acids is 3. The number of rotatable bonds is 10. The summed E-state index contributed by atoms with van der Waals surface area (Å²) in [5, 5.41) is 2.96. The van der Waals surface area contributed by atoms with Gasteiger partial charge in [0, 0.05) is 52.2 Å². The summed E-state index contributed by atoms with van der Waals surface area (Å²) in [6.07, 6.45) is 4.41. The lowest BCUT2D eigenvalue weighted by Gasteiger charge is -2.32. The molecule has 1 N–H and O–H groups in total. The number of hydrogen-bond donors (Lipinski definition) is 1. The van der Waals surface area contributed by atoms with Gasteiger partial charge in [-0.05, 0) is 39.5 Å². The lowest BCUT2D eigenvalue weighted by Crippen LogP contribution is -2.46. The fourth-order valence-electron chi connectivity index (χ4n) is 3.48. The minimum atomic E-state index is -0.132. The van der Waals surface area contributed by atoms with Gasteiger partial charge in [0.2, 0.25) is 17.7 Å². The maximum absolute atomic E-state index is 12.3. The molecule has 0 aliphatic carbocycles. The maximum Gasteiger partial charge on any atom is 0.224 e. The van der Waals surface area contributed by atoms with Gasteiger partial charge >= 0.3 is 0 Å². The molecule has 26 heavy (non-hydrogen) atoms. The number of nitrogens with zero attached hydrogens (tertiary/aromatic N) is 2. The molecule has 2 saturated heterocycles. The predicted octanol–water partition coefficient (Wildman–Crippen LogP) is 1.17. The standard InChI is InChI=1S/C19H33N3O4/c1-15(2)26-13-4-9-20-19(25)16-7-8-18(24)22(14-16)12-5-11-21-10-3-6-17(21)23/h15-16H,3-14H2,1-2H3,(H,20,25). The summed E-state index contributed by atoms with van der Waals surface area (Å²) in [5.74, 6) is 0.231. The molecule has 2 fully saturated rings. The minimum absolute atomic E-state index is 0.0294. The number of likely N-dealkylation sites (tertiary alicyclic amines) is 2. The lowest BCUT2D eigenvalue weighted by molar-refractivity contribution is -0.138. The van der Waals surface area contributed by atoms with Crippen LogP contribution in [0.15, 0.2) is 0 Å². The third-order valence-electron chi connectivity index (χ3n) is 4.97. The van der Waals surface area contributed by atoms with Crippen LogP contribution in [0.2, 0.25) is 0 Å². The van der Waals surface area contributed by atoms with Gasteiger partial charge in [-0.3, -0.25) is 14.4 Å². The van der Waals surface area contributed by atoms with Gasteiger partial charge in [0.15, 0.2) is 0 Å². The Kier molecular flexibility index (Phi) is 8.35. The Labute approximate surface area is 156 Å². The van der Waals surface area contributed by atoms with Crippen LogP contribution in [0.3, 0.4) is 0 Å². The molecule has 0 spiro atoms. The highest BCUT2D eigenvalue weighted by Gasteiger charge is 2.30. The first-order valence-corrected chi connectivity index (χ1v) is 9.92. The van der Waals surface area contributed by atoms with E-state index >= 15 is 0 Å². The second kappa shape index (κ2) is 10.5.